The van der Waals surface area contributed by atoms with Crippen molar-refractivity contribution in [2.45, 2.75) is 104 Å². The number of aryl methyl sites for hydroxylation is 1. The first-order valence-electron chi connectivity index (χ1n) is 15.2. The number of aromatic nitrogens is 1. The molecule has 0 radical (unpaired) electrons. The van der Waals surface area contributed by atoms with Crippen LogP contribution in [0.2, 0.25) is 0 Å². The number of halogens is 1. The number of hydrogen-bond donors (Lipinski definition) is 1. The summed E-state index contributed by atoms with van der Waals surface area (Å²) in [6, 6.07) is 13.7. The van der Waals surface area contributed by atoms with Gasteiger partial charge in [-0.25, -0.2) is 0 Å². The molecule has 1 heterocycles. The Hall–Kier alpha value is -2.38. The molecule has 0 saturated carbocycles. The van der Waals surface area contributed by atoms with E-state index in [1.807, 2.05) is 36.4 Å². The van der Waals surface area contributed by atoms with Gasteiger partial charge in [0.05, 0.1) is 31.2 Å². The number of methoxy groups -OCH3 is 1. The zero-order chi connectivity index (χ0) is 28.4. The fraction of sp³-hybridized carbons (Fsp3) is 0.529. The van der Waals surface area contributed by atoms with Crippen molar-refractivity contribution < 1.29 is 35.8 Å². The lowest BCUT2D eigenvalue weighted by atomic mass is 10.1. The standard InChI is InChI=1S/C34H48N2O3S.BrH/c1-4-5-6-7-8-9-10-11-12-13-14-17-22-39-33-24-31(38-3)21-20-29(33)23-34(37)35-32-19-16-15-18-30(32)25-36-27-40-26-28(36)2;/h15-16,18-21,24,26-27H,4-14,17,22-23,25H2,1-3H3;1H. The van der Waals surface area contributed by atoms with Gasteiger partial charge in [0, 0.05) is 24.1 Å². The van der Waals surface area contributed by atoms with Crippen molar-refractivity contribution in [1.82, 2.24) is 0 Å². The van der Waals surface area contributed by atoms with Gasteiger partial charge in [-0.3, -0.25) is 4.79 Å². The molecule has 2 aromatic carbocycles. The molecular formula is C34H49BrN2O3S. The van der Waals surface area contributed by atoms with Gasteiger partial charge in [0.15, 0.2) is 12.2 Å². The molecule has 0 unspecified atom stereocenters. The molecule has 0 fully saturated rings. The van der Waals surface area contributed by atoms with Crippen molar-refractivity contribution in [3.63, 3.8) is 0 Å². The normalized spacial score (nSPS) is 10.7. The van der Waals surface area contributed by atoms with E-state index >= 15 is 0 Å². The minimum atomic E-state index is -0.0557. The highest BCUT2D eigenvalue weighted by Gasteiger charge is 2.15. The molecule has 226 valence electrons. The van der Waals surface area contributed by atoms with Crippen LogP contribution in [0.15, 0.2) is 53.4 Å². The van der Waals surface area contributed by atoms with Crippen LogP contribution in [-0.2, 0) is 17.8 Å². The van der Waals surface area contributed by atoms with Crippen LogP contribution in [-0.4, -0.2) is 19.6 Å². The van der Waals surface area contributed by atoms with Gasteiger partial charge in [-0.1, -0.05) is 113 Å². The van der Waals surface area contributed by atoms with Gasteiger partial charge in [-0.05, 0) is 18.6 Å². The molecule has 5 nitrogen and oxygen atoms in total. The summed E-state index contributed by atoms with van der Waals surface area (Å²) in [5, 5.41) is 5.26. The molecule has 3 aromatic rings. The number of nitrogens with zero attached hydrogens (tertiary/aromatic N) is 1. The first-order valence-corrected chi connectivity index (χ1v) is 16.1. The number of carbonyl (C=O) groups excluding carboxylic acids is 1. The molecule has 7 heteroatoms. The smallest absolute Gasteiger partial charge is 0.228 e. The van der Waals surface area contributed by atoms with E-state index in [0.717, 1.165) is 41.3 Å². The molecule has 0 aliphatic rings. The predicted molar refractivity (Wildman–Crippen MR) is 167 cm³/mol. The SMILES string of the molecule is CCCCCCCCCCCCCCOc1cc(OC)ccc1CC(=O)Nc1ccccc1C[n+]1cscc1C.[Br-]. The summed E-state index contributed by atoms with van der Waals surface area (Å²) in [5.41, 5.74) is 6.11. The predicted octanol–water partition coefficient (Wildman–Crippen LogP) is 5.67. The number of hydrogen-bond acceptors (Lipinski definition) is 4. The molecule has 3 rings (SSSR count). The highest BCUT2D eigenvalue weighted by atomic mass is 79.9. The van der Waals surface area contributed by atoms with Crippen molar-refractivity contribution in [1.29, 1.82) is 0 Å². The number of unbranched alkanes of at least 4 members (excludes halogenated alkanes) is 11. The summed E-state index contributed by atoms with van der Waals surface area (Å²) in [4.78, 5) is 13.1. The van der Waals surface area contributed by atoms with Crippen LogP contribution < -0.4 is 36.3 Å². The molecule has 41 heavy (non-hydrogen) atoms. The number of anilines is 1. The van der Waals surface area contributed by atoms with E-state index in [9.17, 15) is 4.79 Å². The first kappa shape index (κ1) is 34.8. The third-order valence-corrected chi connectivity index (χ3v) is 8.25. The third-order valence-electron chi connectivity index (χ3n) is 7.39. The zero-order valence-corrected chi connectivity index (χ0v) is 27.7. The Morgan fingerprint density at radius 1 is 0.878 bits per heavy atom. The maximum absolute atomic E-state index is 13.1. The lowest BCUT2D eigenvalue weighted by Crippen LogP contribution is -3.00. The number of ether oxygens (including phenoxy) is 2. The van der Waals surface area contributed by atoms with E-state index < -0.39 is 0 Å². The van der Waals surface area contributed by atoms with E-state index in [1.165, 1.54) is 76.3 Å². The first-order chi connectivity index (χ1) is 19.6. The summed E-state index contributed by atoms with van der Waals surface area (Å²) in [6.07, 6.45) is 16.0. The number of benzene rings is 2. The van der Waals surface area contributed by atoms with Crippen LogP contribution in [0.25, 0.3) is 0 Å². The minimum Gasteiger partial charge on any atom is -1.00 e. The van der Waals surface area contributed by atoms with E-state index in [4.69, 9.17) is 9.47 Å². The fourth-order valence-electron chi connectivity index (χ4n) is 4.91. The van der Waals surface area contributed by atoms with Crippen LogP contribution in [0.3, 0.4) is 0 Å². The molecule has 1 aromatic heterocycles. The lowest BCUT2D eigenvalue weighted by molar-refractivity contribution is -0.689. The van der Waals surface area contributed by atoms with Crippen LogP contribution >= 0.6 is 11.3 Å². The lowest BCUT2D eigenvalue weighted by Gasteiger charge is -2.14. The fourth-order valence-corrected chi connectivity index (χ4v) is 5.69. The Bertz CT molecular complexity index is 1150. The van der Waals surface area contributed by atoms with Gasteiger partial charge in [0.1, 0.15) is 11.5 Å². The van der Waals surface area contributed by atoms with E-state index in [2.05, 4.69) is 40.7 Å². The van der Waals surface area contributed by atoms with Crippen molar-refractivity contribution in [2.24, 2.45) is 0 Å². The molecular weight excluding hydrogens is 596 g/mol. The summed E-state index contributed by atoms with van der Waals surface area (Å²) >= 11 is 1.68. The number of rotatable bonds is 20. The number of amides is 1. The Morgan fingerprint density at radius 3 is 2.17 bits per heavy atom. The van der Waals surface area contributed by atoms with Crippen LogP contribution in [0.1, 0.15) is 101 Å². The zero-order valence-electron chi connectivity index (χ0n) is 25.3. The van der Waals surface area contributed by atoms with Crippen LogP contribution in [0, 0.1) is 6.92 Å². The molecule has 1 N–H and O–H groups in total. The molecule has 0 atom stereocenters. The summed E-state index contributed by atoms with van der Waals surface area (Å²) in [7, 11) is 1.65. The summed E-state index contributed by atoms with van der Waals surface area (Å²) < 4.78 is 13.8. The number of thiazole rings is 1. The van der Waals surface area contributed by atoms with E-state index in [0.29, 0.717) is 6.61 Å². The van der Waals surface area contributed by atoms with E-state index in [1.54, 1.807) is 18.4 Å². The second-order valence-electron chi connectivity index (χ2n) is 10.7. The number of para-hydroxylation sites is 1. The van der Waals surface area contributed by atoms with Gasteiger partial charge < -0.3 is 31.8 Å². The van der Waals surface area contributed by atoms with Gasteiger partial charge in [-0.2, -0.15) is 4.57 Å². The summed E-state index contributed by atoms with van der Waals surface area (Å²) in [5.74, 6) is 1.41. The van der Waals surface area contributed by atoms with Crippen LogP contribution in [0.5, 0.6) is 11.5 Å². The Kier molecular flexibility index (Phi) is 17.4. The maximum atomic E-state index is 13.1. The maximum Gasteiger partial charge on any atom is 0.228 e. The summed E-state index contributed by atoms with van der Waals surface area (Å²) in [6.45, 7) is 5.75. The third kappa shape index (κ3) is 13.0. The molecule has 0 saturated heterocycles. The van der Waals surface area contributed by atoms with Crippen molar-refractivity contribution in [2.75, 3.05) is 19.0 Å². The highest BCUT2D eigenvalue weighted by molar-refractivity contribution is 7.07. The van der Waals surface area contributed by atoms with Gasteiger partial charge >= 0.3 is 0 Å². The highest BCUT2D eigenvalue weighted by Crippen LogP contribution is 2.26. The Balaban J connectivity index is 0.00000588. The quantitative estimate of drug-likeness (QED) is 0.127. The van der Waals surface area contributed by atoms with Gasteiger partial charge in [0.25, 0.3) is 0 Å². The molecule has 0 bridgehead atoms. The molecule has 0 aliphatic heterocycles. The Labute approximate surface area is 262 Å². The monoisotopic (exact) mass is 644 g/mol. The van der Waals surface area contributed by atoms with Crippen LogP contribution in [0.4, 0.5) is 5.69 Å². The second-order valence-corrected chi connectivity index (χ2v) is 11.4. The molecule has 0 aliphatic carbocycles. The van der Waals surface area contributed by atoms with Gasteiger partial charge in [0.2, 0.25) is 11.4 Å². The average Bonchev–Trinajstić information content (AvgIpc) is 3.37. The van der Waals surface area contributed by atoms with Crippen molar-refractivity contribution in [3.05, 3.63) is 70.2 Å². The number of carbonyl (C=O) groups is 1. The Morgan fingerprint density at radius 2 is 1.54 bits per heavy atom. The number of nitrogens with one attached hydrogen (secondary N) is 1. The minimum absolute atomic E-state index is 0. The van der Waals surface area contributed by atoms with Gasteiger partial charge in [-0.15, -0.1) is 0 Å². The van der Waals surface area contributed by atoms with E-state index in [-0.39, 0.29) is 29.3 Å². The van der Waals surface area contributed by atoms with Crippen molar-refractivity contribution >= 4 is 22.9 Å². The molecule has 1 amide bonds. The van der Waals surface area contributed by atoms with Crippen molar-refractivity contribution in [3.8, 4) is 11.5 Å². The average molecular weight is 646 g/mol. The topological polar surface area (TPSA) is 51.4 Å². The second kappa shape index (κ2) is 20.5. The molecule has 0 spiro atoms. The largest absolute Gasteiger partial charge is 1.00 e.